The first-order chi connectivity index (χ1) is 8.94. The van der Waals surface area contributed by atoms with Crippen LogP contribution < -0.4 is 10.5 Å². The van der Waals surface area contributed by atoms with Gasteiger partial charge in [-0.1, -0.05) is 0 Å². The number of sulfonamides is 1. The molecule has 1 atom stereocenters. The van der Waals surface area contributed by atoms with Crippen molar-refractivity contribution in [3.05, 3.63) is 29.2 Å². The topological polar surface area (TPSA) is 103 Å². The summed E-state index contributed by atoms with van der Waals surface area (Å²) in [6, 6.07) is 1.12. The first-order valence-electron chi connectivity index (χ1n) is 5.57. The van der Waals surface area contributed by atoms with Crippen LogP contribution in [-0.2, 0) is 23.6 Å². The number of nitrogens with two attached hydrogens (primary N) is 1. The maximum atomic E-state index is 12.2. The molecule has 2 heterocycles. The molecule has 0 aliphatic rings. The minimum absolute atomic E-state index is 0.252. The van der Waals surface area contributed by atoms with Gasteiger partial charge in [-0.25, -0.2) is 13.1 Å². The Labute approximate surface area is 115 Å². The molecule has 7 nitrogen and oxygen atoms in total. The Kier molecular flexibility index (Phi) is 3.99. The third-order valence-corrected chi connectivity index (χ3v) is 5.62. The number of hydrogen-bond acceptors (Lipinski definition) is 6. The standard InChI is InChI=1S/C10H15N5O2S2/c1-7(10-13-12-6-15(10)2)14-19(16,17)9-3-8(4-11)5-18-9/h3,5-7,14H,4,11H2,1-2H3. The van der Waals surface area contributed by atoms with Crippen LogP contribution in [0.2, 0.25) is 0 Å². The lowest BCUT2D eigenvalue weighted by Gasteiger charge is -2.12. The van der Waals surface area contributed by atoms with Crippen molar-refractivity contribution in [2.24, 2.45) is 12.8 Å². The van der Waals surface area contributed by atoms with Crippen LogP contribution in [0.5, 0.6) is 0 Å². The summed E-state index contributed by atoms with van der Waals surface area (Å²) in [4.78, 5) is 0. The highest BCUT2D eigenvalue weighted by Crippen LogP contribution is 2.21. The first kappa shape index (κ1) is 14.1. The summed E-state index contributed by atoms with van der Waals surface area (Å²) in [6.45, 7) is 2.05. The molecular weight excluding hydrogens is 286 g/mol. The molecule has 1 unspecified atom stereocenters. The molecule has 9 heteroatoms. The molecule has 0 bridgehead atoms. The van der Waals surface area contributed by atoms with Crippen LogP contribution in [0.3, 0.4) is 0 Å². The smallest absolute Gasteiger partial charge is 0.250 e. The summed E-state index contributed by atoms with van der Waals surface area (Å²) in [5.41, 5.74) is 6.28. The van der Waals surface area contributed by atoms with Gasteiger partial charge < -0.3 is 10.3 Å². The average molecular weight is 301 g/mol. The predicted octanol–water partition coefficient (Wildman–Crippen LogP) is 0.375. The zero-order valence-corrected chi connectivity index (χ0v) is 12.2. The van der Waals surface area contributed by atoms with Crippen molar-refractivity contribution < 1.29 is 8.42 Å². The molecule has 3 N–H and O–H groups in total. The molecule has 0 spiro atoms. The minimum atomic E-state index is -3.56. The normalized spacial score (nSPS) is 13.6. The van der Waals surface area contributed by atoms with E-state index in [-0.39, 0.29) is 4.21 Å². The van der Waals surface area contributed by atoms with E-state index in [9.17, 15) is 8.42 Å². The quantitative estimate of drug-likeness (QED) is 0.831. The molecule has 2 aromatic rings. The third kappa shape index (κ3) is 3.00. The van der Waals surface area contributed by atoms with Gasteiger partial charge in [0.25, 0.3) is 10.0 Å². The molecular formula is C10H15N5O2S2. The number of hydrogen-bond donors (Lipinski definition) is 2. The SMILES string of the molecule is CC(NS(=O)(=O)c1cc(CN)cs1)c1nncn1C. The Balaban J connectivity index is 2.20. The second-order valence-corrected chi connectivity index (χ2v) is 6.97. The molecule has 0 aliphatic carbocycles. The molecule has 2 aromatic heterocycles. The highest BCUT2D eigenvalue weighted by atomic mass is 32.2. The van der Waals surface area contributed by atoms with Crippen molar-refractivity contribution in [1.29, 1.82) is 0 Å². The number of nitrogens with one attached hydrogen (secondary N) is 1. The number of aryl methyl sites for hydroxylation is 1. The molecule has 0 aliphatic heterocycles. The number of rotatable bonds is 5. The van der Waals surface area contributed by atoms with Crippen LogP contribution in [0.1, 0.15) is 24.4 Å². The second-order valence-electron chi connectivity index (χ2n) is 4.12. The fraction of sp³-hybridized carbons (Fsp3) is 0.400. The molecule has 0 saturated heterocycles. The summed E-state index contributed by atoms with van der Waals surface area (Å²) in [7, 11) is -1.80. The maximum Gasteiger partial charge on any atom is 0.250 e. The Morgan fingerprint density at radius 3 is 2.84 bits per heavy atom. The van der Waals surface area contributed by atoms with E-state index in [0.29, 0.717) is 12.4 Å². The van der Waals surface area contributed by atoms with Crippen molar-refractivity contribution in [3.63, 3.8) is 0 Å². The third-order valence-electron chi connectivity index (χ3n) is 2.60. The lowest BCUT2D eigenvalue weighted by molar-refractivity contribution is 0.555. The molecule has 0 amide bonds. The van der Waals surface area contributed by atoms with E-state index in [0.717, 1.165) is 16.9 Å². The lowest BCUT2D eigenvalue weighted by Crippen LogP contribution is -2.28. The summed E-state index contributed by atoms with van der Waals surface area (Å²) < 4.78 is 28.9. The van der Waals surface area contributed by atoms with E-state index < -0.39 is 16.1 Å². The van der Waals surface area contributed by atoms with Gasteiger partial charge in [-0.2, -0.15) is 0 Å². The zero-order chi connectivity index (χ0) is 14.0. The maximum absolute atomic E-state index is 12.2. The molecule has 19 heavy (non-hydrogen) atoms. The summed E-state index contributed by atoms with van der Waals surface area (Å²) in [5.74, 6) is 0.555. The van der Waals surface area contributed by atoms with Gasteiger partial charge in [0.1, 0.15) is 16.4 Å². The second kappa shape index (κ2) is 5.37. The Bertz CT molecular complexity index is 661. The average Bonchev–Trinajstić information content (AvgIpc) is 2.96. The summed E-state index contributed by atoms with van der Waals surface area (Å²) in [5, 5.41) is 9.35. The summed E-state index contributed by atoms with van der Waals surface area (Å²) in [6.07, 6.45) is 1.53. The molecule has 0 saturated carbocycles. The van der Waals surface area contributed by atoms with E-state index in [2.05, 4.69) is 14.9 Å². The van der Waals surface area contributed by atoms with Gasteiger partial charge in [0.15, 0.2) is 0 Å². The van der Waals surface area contributed by atoms with E-state index in [1.807, 2.05) is 0 Å². The highest BCUT2D eigenvalue weighted by Gasteiger charge is 2.22. The van der Waals surface area contributed by atoms with Crippen LogP contribution in [-0.4, -0.2) is 23.2 Å². The fourth-order valence-corrected chi connectivity index (χ4v) is 4.07. The van der Waals surface area contributed by atoms with Crippen molar-refractivity contribution in [2.75, 3.05) is 0 Å². The van der Waals surface area contributed by atoms with Crippen LogP contribution in [0, 0.1) is 0 Å². The van der Waals surface area contributed by atoms with Crippen molar-refractivity contribution >= 4 is 21.4 Å². The number of nitrogens with zero attached hydrogens (tertiary/aromatic N) is 3. The van der Waals surface area contributed by atoms with E-state index in [1.54, 1.807) is 30.0 Å². The highest BCUT2D eigenvalue weighted by molar-refractivity contribution is 7.91. The molecule has 104 valence electrons. The zero-order valence-electron chi connectivity index (χ0n) is 10.6. The Morgan fingerprint density at radius 1 is 1.58 bits per heavy atom. The van der Waals surface area contributed by atoms with Gasteiger partial charge in [-0.3, -0.25) is 0 Å². The van der Waals surface area contributed by atoms with Crippen LogP contribution in [0.4, 0.5) is 0 Å². The van der Waals surface area contributed by atoms with Crippen molar-refractivity contribution in [1.82, 2.24) is 19.5 Å². The Hall–Kier alpha value is -1.29. The van der Waals surface area contributed by atoms with Gasteiger partial charge in [-0.05, 0) is 23.9 Å². The molecule has 0 aromatic carbocycles. The van der Waals surface area contributed by atoms with E-state index in [1.165, 1.54) is 6.33 Å². The van der Waals surface area contributed by atoms with Crippen molar-refractivity contribution in [3.8, 4) is 0 Å². The first-order valence-corrected chi connectivity index (χ1v) is 7.94. The van der Waals surface area contributed by atoms with Crippen molar-refractivity contribution in [2.45, 2.75) is 23.7 Å². The van der Waals surface area contributed by atoms with E-state index >= 15 is 0 Å². The summed E-state index contributed by atoms with van der Waals surface area (Å²) >= 11 is 1.15. The van der Waals surface area contributed by atoms with E-state index in [4.69, 9.17) is 5.73 Å². The Morgan fingerprint density at radius 2 is 2.32 bits per heavy atom. The number of aromatic nitrogens is 3. The predicted molar refractivity (Wildman–Crippen MR) is 71.9 cm³/mol. The van der Waals surface area contributed by atoms with Crippen LogP contribution in [0.25, 0.3) is 0 Å². The van der Waals surface area contributed by atoms with Gasteiger partial charge in [0, 0.05) is 13.6 Å². The van der Waals surface area contributed by atoms with Gasteiger partial charge in [0.05, 0.1) is 6.04 Å². The molecule has 0 fully saturated rings. The molecule has 2 rings (SSSR count). The molecule has 0 radical (unpaired) electrons. The number of thiophene rings is 1. The van der Waals surface area contributed by atoms with Crippen LogP contribution in [0.15, 0.2) is 22.0 Å². The van der Waals surface area contributed by atoms with Gasteiger partial charge >= 0.3 is 0 Å². The van der Waals surface area contributed by atoms with Gasteiger partial charge in [-0.15, -0.1) is 21.5 Å². The minimum Gasteiger partial charge on any atom is -0.326 e. The lowest BCUT2D eigenvalue weighted by atomic mass is 10.3. The van der Waals surface area contributed by atoms with Gasteiger partial charge in [0.2, 0.25) is 0 Å². The largest absolute Gasteiger partial charge is 0.326 e. The fourth-order valence-electron chi connectivity index (χ4n) is 1.63. The monoisotopic (exact) mass is 301 g/mol. The van der Waals surface area contributed by atoms with Crippen LogP contribution >= 0.6 is 11.3 Å².